The fraction of sp³-hybridized carbons (Fsp3) is 0.571. The maximum atomic E-state index is 10.0. The summed E-state index contributed by atoms with van der Waals surface area (Å²) in [6.07, 6.45) is 16.7. The zero-order valence-corrected chi connectivity index (χ0v) is 17.2. The summed E-state index contributed by atoms with van der Waals surface area (Å²) in [6, 6.07) is 7.30. The van der Waals surface area contributed by atoms with E-state index >= 15 is 0 Å². The van der Waals surface area contributed by atoms with Crippen LogP contribution in [0.15, 0.2) is 34.8 Å². The van der Waals surface area contributed by atoms with Gasteiger partial charge in [-0.3, -0.25) is 0 Å². The summed E-state index contributed by atoms with van der Waals surface area (Å²) in [6.45, 7) is 3.40. The Morgan fingerprint density at radius 2 is 1.44 bits per heavy atom. The number of carbonyl (C=O) groups is 1. The first-order valence-electron chi connectivity index (χ1n) is 9.54. The molecule has 0 aliphatic heterocycles. The highest BCUT2D eigenvalue weighted by Gasteiger charge is 1.91. The highest BCUT2D eigenvalue weighted by atomic mass is 79.9. The van der Waals surface area contributed by atoms with E-state index in [9.17, 15) is 9.90 Å². The fourth-order valence-corrected chi connectivity index (χ4v) is 2.67. The Labute approximate surface area is 161 Å². The number of quaternary nitrogens is 1. The SMILES string of the molecule is CCCCCCCCCCCC[NH3+].O=C([O-])/C=C/c1ccc(Br)cc1. The van der Waals surface area contributed by atoms with Gasteiger partial charge in [-0.25, -0.2) is 0 Å². The van der Waals surface area contributed by atoms with E-state index in [1.54, 1.807) is 0 Å². The van der Waals surface area contributed by atoms with E-state index in [-0.39, 0.29) is 0 Å². The molecule has 0 atom stereocenters. The lowest BCUT2D eigenvalue weighted by Crippen LogP contribution is -2.50. The van der Waals surface area contributed by atoms with E-state index < -0.39 is 5.97 Å². The third-order valence-electron chi connectivity index (χ3n) is 3.89. The van der Waals surface area contributed by atoms with Gasteiger partial charge in [-0.05, 0) is 36.6 Å². The molecule has 3 nitrogen and oxygen atoms in total. The summed E-state index contributed by atoms with van der Waals surface area (Å²) < 4.78 is 0.966. The Kier molecular flexibility index (Phi) is 16.9. The minimum atomic E-state index is -1.18. The van der Waals surface area contributed by atoms with Crippen LogP contribution in [0.3, 0.4) is 0 Å². The number of rotatable bonds is 12. The summed E-state index contributed by atoms with van der Waals surface area (Å²) in [5, 5.41) is 10.0. The molecule has 0 unspecified atom stereocenters. The molecule has 25 heavy (non-hydrogen) atoms. The maximum Gasteiger partial charge on any atom is 0.0739 e. The predicted octanol–water partition coefficient (Wildman–Crippen LogP) is 4.36. The van der Waals surface area contributed by atoms with Crippen molar-refractivity contribution in [3.8, 4) is 0 Å². The number of halogens is 1. The van der Waals surface area contributed by atoms with Crippen LogP contribution in [0.2, 0.25) is 0 Å². The summed E-state index contributed by atoms with van der Waals surface area (Å²) in [5.74, 6) is -1.18. The van der Waals surface area contributed by atoms with Gasteiger partial charge in [-0.1, -0.05) is 92.4 Å². The molecule has 3 N–H and O–H groups in total. The number of hydrogen-bond acceptors (Lipinski definition) is 2. The molecule has 4 heteroatoms. The molecule has 0 heterocycles. The minimum absolute atomic E-state index is 0.836. The molecular formula is C21H34BrNO2. The van der Waals surface area contributed by atoms with Gasteiger partial charge in [0.25, 0.3) is 0 Å². The number of carbonyl (C=O) groups excluding carboxylic acids is 1. The Hall–Kier alpha value is -1.13. The van der Waals surface area contributed by atoms with Crippen LogP contribution in [0.4, 0.5) is 0 Å². The third kappa shape index (κ3) is 17.5. The van der Waals surface area contributed by atoms with Gasteiger partial charge in [0.2, 0.25) is 0 Å². The highest BCUT2D eigenvalue weighted by molar-refractivity contribution is 9.10. The van der Waals surface area contributed by atoms with Crippen LogP contribution in [0.1, 0.15) is 76.7 Å². The first-order chi connectivity index (χ1) is 12.1. The Balaban J connectivity index is 0.000000462. The first-order valence-corrected chi connectivity index (χ1v) is 10.3. The summed E-state index contributed by atoms with van der Waals surface area (Å²) in [7, 11) is 0. The molecule has 1 rings (SSSR count). The smallest absolute Gasteiger partial charge is 0.0739 e. The average molecular weight is 412 g/mol. The maximum absolute atomic E-state index is 10.0. The summed E-state index contributed by atoms with van der Waals surface area (Å²) in [4.78, 5) is 10.0. The molecule has 1 aromatic rings. The lowest BCUT2D eigenvalue weighted by Gasteiger charge is -2.00. The van der Waals surface area contributed by atoms with Gasteiger partial charge >= 0.3 is 0 Å². The number of unbranched alkanes of at least 4 members (excludes halogenated alkanes) is 9. The molecule has 0 aliphatic rings. The molecule has 0 aliphatic carbocycles. The average Bonchev–Trinajstić information content (AvgIpc) is 2.60. The van der Waals surface area contributed by atoms with Crippen LogP contribution in [-0.4, -0.2) is 12.5 Å². The van der Waals surface area contributed by atoms with Gasteiger partial charge < -0.3 is 15.6 Å². The van der Waals surface area contributed by atoms with Gasteiger partial charge in [0.15, 0.2) is 0 Å². The van der Waals surface area contributed by atoms with Gasteiger partial charge in [-0.2, -0.15) is 0 Å². The van der Waals surface area contributed by atoms with Crippen molar-refractivity contribution in [3.05, 3.63) is 40.4 Å². The lowest BCUT2D eigenvalue weighted by atomic mass is 10.1. The summed E-state index contributed by atoms with van der Waals surface area (Å²) in [5.41, 5.74) is 4.69. The third-order valence-corrected chi connectivity index (χ3v) is 4.41. The van der Waals surface area contributed by atoms with E-state index in [1.807, 2.05) is 24.3 Å². The number of carboxylic acids is 1. The molecular weight excluding hydrogens is 378 g/mol. The molecule has 0 radical (unpaired) electrons. The standard InChI is InChI=1S/C12H27N.C9H7BrO2/c1-2-3-4-5-6-7-8-9-10-11-12-13;10-8-4-1-7(2-5-8)3-6-9(11)12/h2-13H2,1H3;1-6H,(H,11,12)/b;6-3+. The van der Waals surface area contributed by atoms with Crippen molar-refractivity contribution in [2.75, 3.05) is 6.54 Å². The van der Waals surface area contributed by atoms with Crippen molar-refractivity contribution in [3.63, 3.8) is 0 Å². The van der Waals surface area contributed by atoms with Crippen molar-refractivity contribution < 1.29 is 15.6 Å². The number of carboxylic acid groups (broad SMARTS) is 1. The molecule has 0 saturated carbocycles. The fourth-order valence-electron chi connectivity index (χ4n) is 2.40. The monoisotopic (exact) mass is 411 g/mol. The van der Waals surface area contributed by atoms with Gasteiger partial charge in [0, 0.05) is 4.47 Å². The quantitative estimate of drug-likeness (QED) is 0.409. The highest BCUT2D eigenvalue weighted by Crippen LogP contribution is 2.11. The first kappa shape index (κ1) is 23.9. The molecule has 0 spiro atoms. The van der Waals surface area contributed by atoms with Crippen molar-refractivity contribution in [2.45, 2.75) is 71.1 Å². The molecule has 0 bridgehead atoms. The topological polar surface area (TPSA) is 67.8 Å². The second kappa shape index (κ2) is 17.7. The predicted molar refractivity (Wildman–Crippen MR) is 108 cm³/mol. The van der Waals surface area contributed by atoms with Crippen LogP contribution < -0.4 is 10.8 Å². The molecule has 142 valence electrons. The molecule has 0 aromatic heterocycles. The molecule has 1 aromatic carbocycles. The van der Waals surface area contributed by atoms with Crippen LogP contribution in [0.5, 0.6) is 0 Å². The molecule has 0 fully saturated rings. The number of benzene rings is 1. The zero-order valence-electron chi connectivity index (χ0n) is 15.6. The Morgan fingerprint density at radius 1 is 0.960 bits per heavy atom. The zero-order chi connectivity index (χ0) is 18.8. The van der Waals surface area contributed by atoms with Crippen molar-refractivity contribution in [2.24, 2.45) is 0 Å². The Bertz CT molecular complexity index is 447. The normalized spacial score (nSPS) is 10.5. The summed E-state index contributed by atoms with van der Waals surface area (Å²) >= 11 is 3.27. The van der Waals surface area contributed by atoms with E-state index in [0.29, 0.717) is 0 Å². The van der Waals surface area contributed by atoms with Crippen LogP contribution in [-0.2, 0) is 4.79 Å². The van der Waals surface area contributed by atoms with Crippen molar-refractivity contribution >= 4 is 28.0 Å². The van der Waals surface area contributed by atoms with Crippen molar-refractivity contribution in [1.82, 2.24) is 0 Å². The largest absolute Gasteiger partial charge is 0.545 e. The minimum Gasteiger partial charge on any atom is -0.545 e. The van der Waals surface area contributed by atoms with E-state index in [1.165, 1.54) is 70.3 Å². The van der Waals surface area contributed by atoms with Gasteiger partial charge in [-0.15, -0.1) is 0 Å². The second-order valence-electron chi connectivity index (χ2n) is 6.24. The molecule has 0 saturated heterocycles. The second-order valence-corrected chi connectivity index (χ2v) is 7.16. The lowest BCUT2D eigenvalue weighted by molar-refractivity contribution is -0.368. The number of hydrogen-bond donors (Lipinski definition) is 1. The number of aliphatic carboxylic acids is 1. The Morgan fingerprint density at radius 3 is 1.88 bits per heavy atom. The van der Waals surface area contributed by atoms with Gasteiger partial charge in [0.1, 0.15) is 0 Å². The van der Waals surface area contributed by atoms with E-state index in [0.717, 1.165) is 22.7 Å². The van der Waals surface area contributed by atoms with Gasteiger partial charge in [0.05, 0.1) is 12.5 Å². The van der Waals surface area contributed by atoms with Crippen molar-refractivity contribution in [1.29, 1.82) is 0 Å². The van der Waals surface area contributed by atoms with E-state index in [4.69, 9.17) is 0 Å². The van der Waals surface area contributed by atoms with Crippen LogP contribution in [0.25, 0.3) is 6.08 Å². The van der Waals surface area contributed by atoms with Crippen LogP contribution in [0, 0.1) is 0 Å². The van der Waals surface area contributed by atoms with E-state index in [2.05, 4.69) is 28.6 Å². The molecule has 0 amide bonds. The van der Waals surface area contributed by atoms with Crippen LogP contribution >= 0.6 is 15.9 Å².